The van der Waals surface area contributed by atoms with Crippen molar-refractivity contribution in [2.75, 3.05) is 13.2 Å². The molecule has 0 N–H and O–H groups in total. The molecule has 0 spiro atoms. The Kier molecular flexibility index (Phi) is 5.15. The third-order valence-electron chi connectivity index (χ3n) is 5.26. The van der Waals surface area contributed by atoms with E-state index in [1.54, 1.807) is 6.20 Å². The van der Waals surface area contributed by atoms with Crippen molar-refractivity contribution < 1.29 is 13.9 Å². The first-order chi connectivity index (χ1) is 12.3. The molecule has 2 aromatic rings. The number of rotatable bonds is 6. The summed E-state index contributed by atoms with van der Waals surface area (Å²) in [4.78, 5) is 6.65. The lowest BCUT2D eigenvalue weighted by atomic mass is 10.1. The molecule has 5 nitrogen and oxygen atoms in total. The van der Waals surface area contributed by atoms with Gasteiger partial charge in [0.15, 0.2) is 0 Å². The Morgan fingerprint density at radius 1 is 1.24 bits per heavy atom. The summed E-state index contributed by atoms with van der Waals surface area (Å²) in [5.41, 5.74) is 1.11. The average molecular weight is 342 g/mol. The first-order valence-electron chi connectivity index (χ1n) is 9.27. The van der Waals surface area contributed by atoms with Gasteiger partial charge < -0.3 is 13.9 Å². The molecule has 2 aromatic heterocycles. The fourth-order valence-electron chi connectivity index (χ4n) is 3.95. The fourth-order valence-corrected chi connectivity index (χ4v) is 3.95. The van der Waals surface area contributed by atoms with Gasteiger partial charge in [-0.1, -0.05) is 13.0 Å². The van der Waals surface area contributed by atoms with Gasteiger partial charge in [-0.05, 0) is 36.6 Å². The van der Waals surface area contributed by atoms with E-state index >= 15 is 0 Å². The van der Waals surface area contributed by atoms with Gasteiger partial charge in [-0.2, -0.15) is 0 Å². The summed E-state index contributed by atoms with van der Waals surface area (Å²) >= 11 is 0. The van der Waals surface area contributed by atoms with Crippen LogP contribution in [0, 0.1) is 0 Å². The first-order valence-corrected chi connectivity index (χ1v) is 9.27. The smallest absolute Gasteiger partial charge is 0.118 e. The molecule has 1 aliphatic carbocycles. The van der Waals surface area contributed by atoms with Gasteiger partial charge in [-0.25, -0.2) is 0 Å². The van der Waals surface area contributed by atoms with Crippen molar-refractivity contribution in [1.29, 1.82) is 0 Å². The number of fused-ring (bicyclic) bond motifs is 1. The Balaban J connectivity index is 1.36. The maximum atomic E-state index is 6.16. The highest BCUT2D eigenvalue weighted by Gasteiger charge is 2.43. The summed E-state index contributed by atoms with van der Waals surface area (Å²) in [7, 11) is 0. The maximum Gasteiger partial charge on any atom is 0.118 e. The van der Waals surface area contributed by atoms with E-state index in [-0.39, 0.29) is 12.2 Å². The minimum absolute atomic E-state index is 0.158. The number of hydrogen-bond donors (Lipinski definition) is 0. The van der Waals surface area contributed by atoms with Crippen molar-refractivity contribution in [2.24, 2.45) is 0 Å². The molecule has 3 atom stereocenters. The molecule has 5 heteroatoms. The van der Waals surface area contributed by atoms with Gasteiger partial charge in [-0.15, -0.1) is 0 Å². The van der Waals surface area contributed by atoms with Crippen LogP contribution in [0.2, 0.25) is 0 Å². The zero-order valence-electron chi connectivity index (χ0n) is 14.8. The van der Waals surface area contributed by atoms with Crippen LogP contribution in [0.25, 0.3) is 0 Å². The first kappa shape index (κ1) is 16.8. The largest absolute Gasteiger partial charge is 0.465 e. The second-order valence-electron chi connectivity index (χ2n) is 6.88. The molecule has 0 radical (unpaired) electrons. The molecule has 25 heavy (non-hydrogen) atoms. The summed E-state index contributed by atoms with van der Waals surface area (Å²) in [5, 5.41) is 0. The van der Waals surface area contributed by atoms with Crippen LogP contribution in [0.5, 0.6) is 0 Å². The molecular formula is C20H26N2O3. The van der Waals surface area contributed by atoms with Gasteiger partial charge in [0.2, 0.25) is 0 Å². The van der Waals surface area contributed by atoms with E-state index in [0.717, 1.165) is 56.0 Å². The van der Waals surface area contributed by atoms with Crippen molar-refractivity contribution >= 4 is 0 Å². The standard InChI is InChI=1S/C20H26N2O3/c1-2-16-5-6-17(25-16)13-22-10-11-23-20-18(22)7-8-19(20)24-14-15-4-3-9-21-12-15/h3-6,9,12,18-20H,2,7-8,10-11,13-14H2,1H3/t18-,19-,20-/m0/s1. The predicted molar refractivity (Wildman–Crippen MR) is 94.1 cm³/mol. The number of pyridine rings is 1. The molecule has 1 saturated heterocycles. The summed E-state index contributed by atoms with van der Waals surface area (Å²) in [6.07, 6.45) is 7.08. The number of aromatic nitrogens is 1. The van der Waals surface area contributed by atoms with Gasteiger partial charge in [0, 0.05) is 31.4 Å². The molecule has 3 heterocycles. The van der Waals surface area contributed by atoms with E-state index in [1.165, 1.54) is 0 Å². The normalized spacial score (nSPS) is 26.7. The van der Waals surface area contributed by atoms with Crippen molar-refractivity contribution in [1.82, 2.24) is 9.88 Å². The van der Waals surface area contributed by atoms with Gasteiger partial charge in [0.1, 0.15) is 11.5 Å². The van der Waals surface area contributed by atoms with E-state index in [9.17, 15) is 0 Å². The molecular weight excluding hydrogens is 316 g/mol. The van der Waals surface area contributed by atoms with E-state index in [2.05, 4.69) is 35.0 Å². The zero-order chi connectivity index (χ0) is 17.1. The van der Waals surface area contributed by atoms with Gasteiger partial charge in [-0.3, -0.25) is 9.88 Å². The van der Waals surface area contributed by atoms with E-state index in [1.807, 2.05) is 12.3 Å². The second kappa shape index (κ2) is 7.68. The third-order valence-corrected chi connectivity index (χ3v) is 5.26. The van der Waals surface area contributed by atoms with Crippen molar-refractivity contribution in [3.63, 3.8) is 0 Å². The van der Waals surface area contributed by atoms with Crippen LogP contribution in [0.1, 0.15) is 36.8 Å². The van der Waals surface area contributed by atoms with E-state index in [0.29, 0.717) is 12.6 Å². The Hall–Kier alpha value is -1.69. The highest BCUT2D eigenvalue weighted by Crippen LogP contribution is 2.33. The number of ether oxygens (including phenoxy) is 2. The zero-order valence-corrected chi connectivity index (χ0v) is 14.8. The predicted octanol–water partition coefficient (Wildman–Crippen LogP) is 3.19. The fraction of sp³-hybridized carbons (Fsp3) is 0.550. The Labute approximate surface area is 148 Å². The molecule has 2 fully saturated rings. The molecule has 2 aliphatic rings. The Bertz CT molecular complexity index is 673. The molecule has 0 bridgehead atoms. The Morgan fingerprint density at radius 2 is 2.16 bits per heavy atom. The summed E-state index contributed by atoms with van der Waals surface area (Å²) in [6.45, 7) is 5.30. The van der Waals surface area contributed by atoms with Crippen molar-refractivity contribution in [3.8, 4) is 0 Å². The maximum absolute atomic E-state index is 6.16. The monoisotopic (exact) mass is 342 g/mol. The highest BCUT2D eigenvalue weighted by molar-refractivity contribution is 5.09. The summed E-state index contributed by atoms with van der Waals surface area (Å²) in [6, 6.07) is 8.61. The van der Waals surface area contributed by atoms with Crippen LogP contribution in [-0.4, -0.2) is 41.3 Å². The second-order valence-corrected chi connectivity index (χ2v) is 6.88. The molecule has 1 saturated carbocycles. The van der Waals surface area contributed by atoms with Crippen molar-refractivity contribution in [3.05, 3.63) is 53.7 Å². The lowest BCUT2D eigenvalue weighted by molar-refractivity contribution is -0.119. The molecule has 0 amide bonds. The van der Waals surface area contributed by atoms with E-state index in [4.69, 9.17) is 13.9 Å². The lowest BCUT2D eigenvalue weighted by Crippen LogP contribution is -2.51. The molecule has 134 valence electrons. The summed E-state index contributed by atoms with van der Waals surface area (Å²) < 4.78 is 18.1. The minimum atomic E-state index is 0.158. The van der Waals surface area contributed by atoms with E-state index < -0.39 is 0 Å². The van der Waals surface area contributed by atoms with Crippen LogP contribution < -0.4 is 0 Å². The van der Waals surface area contributed by atoms with Gasteiger partial charge >= 0.3 is 0 Å². The van der Waals surface area contributed by atoms with Gasteiger partial charge in [0.25, 0.3) is 0 Å². The van der Waals surface area contributed by atoms with Crippen LogP contribution in [0.3, 0.4) is 0 Å². The topological polar surface area (TPSA) is 47.7 Å². The number of morpholine rings is 1. The van der Waals surface area contributed by atoms with Crippen LogP contribution in [-0.2, 0) is 29.0 Å². The number of furan rings is 1. The van der Waals surface area contributed by atoms with Crippen molar-refractivity contribution in [2.45, 2.75) is 57.6 Å². The van der Waals surface area contributed by atoms with Crippen LogP contribution in [0.4, 0.5) is 0 Å². The summed E-state index contributed by atoms with van der Waals surface area (Å²) in [5.74, 6) is 2.11. The van der Waals surface area contributed by atoms with Gasteiger partial charge in [0.05, 0.1) is 32.0 Å². The molecule has 0 aromatic carbocycles. The Morgan fingerprint density at radius 3 is 2.96 bits per heavy atom. The number of nitrogens with zero attached hydrogens (tertiary/aromatic N) is 2. The minimum Gasteiger partial charge on any atom is -0.465 e. The van der Waals surface area contributed by atoms with Crippen LogP contribution >= 0.6 is 0 Å². The third kappa shape index (κ3) is 3.78. The SMILES string of the molecule is CCc1ccc(CN2CCO[C@@H]3[C@@H](OCc4cccnc4)CC[C@@H]32)o1. The molecule has 4 rings (SSSR count). The number of hydrogen-bond acceptors (Lipinski definition) is 5. The van der Waals surface area contributed by atoms with Crippen LogP contribution in [0.15, 0.2) is 41.1 Å². The lowest BCUT2D eigenvalue weighted by Gasteiger charge is -2.38. The highest BCUT2D eigenvalue weighted by atomic mass is 16.5. The molecule has 1 aliphatic heterocycles. The number of aryl methyl sites for hydroxylation is 1. The molecule has 0 unspecified atom stereocenters. The quantitative estimate of drug-likeness (QED) is 0.807. The average Bonchev–Trinajstić information content (AvgIpc) is 3.28.